The number of unbranched alkanes of at least 4 members (excludes halogenated alkanes) is 27. The van der Waals surface area contributed by atoms with Crippen LogP contribution in [-0.2, 0) is 28.6 Å². The lowest BCUT2D eigenvalue weighted by atomic mass is 10.0. The smallest absolute Gasteiger partial charge is 0.306 e. The van der Waals surface area contributed by atoms with Gasteiger partial charge in [-0.15, -0.1) is 0 Å². The Kier molecular flexibility index (Phi) is 51.9. The van der Waals surface area contributed by atoms with Gasteiger partial charge in [0.2, 0.25) is 0 Å². The predicted octanol–water partition coefficient (Wildman–Crippen LogP) is 18.6. The van der Waals surface area contributed by atoms with Crippen LogP contribution < -0.4 is 0 Å². The molecule has 0 unspecified atom stereocenters. The van der Waals surface area contributed by atoms with Gasteiger partial charge >= 0.3 is 17.9 Å². The second-order valence-electron chi connectivity index (χ2n) is 18.5. The van der Waals surface area contributed by atoms with Crippen molar-refractivity contribution in [3.8, 4) is 0 Å². The third-order valence-electron chi connectivity index (χ3n) is 11.9. The van der Waals surface area contributed by atoms with Crippen molar-refractivity contribution in [3.63, 3.8) is 0 Å². The summed E-state index contributed by atoms with van der Waals surface area (Å²) in [5.41, 5.74) is 0. The molecule has 66 heavy (non-hydrogen) atoms. The molecular formula is C60H104O6. The topological polar surface area (TPSA) is 78.9 Å². The molecule has 0 saturated carbocycles. The lowest BCUT2D eigenvalue weighted by molar-refractivity contribution is -0.167. The third kappa shape index (κ3) is 51.8. The fourth-order valence-corrected chi connectivity index (χ4v) is 7.76. The van der Waals surface area contributed by atoms with Gasteiger partial charge in [-0.05, 0) is 89.9 Å². The summed E-state index contributed by atoms with van der Waals surface area (Å²) in [5.74, 6) is -0.906. The molecule has 0 aliphatic rings. The van der Waals surface area contributed by atoms with Crippen molar-refractivity contribution < 1.29 is 28.6 Å². The van der Waals surface area contributed by atoms with Gasteiger partial charge in [0.1, 0.15) is 13.2 Å². The molecule has 0 fully saturated rings. The molecule has 0 aliphatic carbocycles. The summed E-state index contributed by atoms with van der Waals surface area (Å²) in [7, 11) is 0. The van der Waals surface area contributed by atoms with Gasteiger partial charge < -0.3 is 14.2 Å². The number of carbonyl (C=O) groups excluding carboxylic acids is 3. The fourth-order valence-electron chi connectivity index (χ4n) is 7.76. The number of carbonyl (C=O) groups is 3. The van der Waals surface area contributed by atoms with Crippen LogP contribution in [0.1, 0.15) is 271 Å². The van der Waals surface area contributed by atoms with Crippen molar-refractivity contribution in [1.29, 1.82) is 0 Å². The van der Waals surface area contributed by atoms with Crippen molar-refractivity contribution in [2.75, 3.05) is 13.2 Å². The van der Waals surface area contributed by atoms with Gasteiger partial charge in [-0.3, -0.25) is 14.4 Å². The Morgan fingerprint density at radius 1 is 0.318 bits per heavy atom. The minimum absolute atomic E-state index is 0.0848. The maximum Gasteiger partial charge on any atom is 0.306 e. The summed E-state index contributed by atoms with van der Waals surface area (Å²) < 4.78 is 16.8. The van der Waals surface area contributed by atoms with Crippen LogP contribution in [0, 0.1) is 0 Å². The molecule has 380 valence electrons. The van der Waals surface area contributed by atoms with Crippen LogP contribution in [0.5, 0.6) is 0 Å². The van der Waals surface area contributed by atoms with E-state index < -0.39 is 6.10 Å². The second-order valence-corrected chi connectivity index (χ2v) is 18.5. The zero-order chi connectivity index (χ0) is 47.9. The van der Waals surface area contributed by atoms with Crippen molar-refractivity contribution in [2.45, 2.75) is 277 Å². The average molecular weight is 921 g/mol. The van der Waals surface area contributed by atoms with Crippen LogP contribution in [0.2, 0.25) is 0 Å². The highest BCUT2D eigenvalue weighted by Gasteiger charge is 2.19. The Morgan fingerprint density at radius 3 is 0.955 bits per heavy atom. The zero-order valence-electron chi connectivity index (χ0n) is 43.4. The molecule has 0 amide bonds. The van der Waals surface area contributed by atoms with Gasteiger partial charge in [-0.2, -0.15) is 0 Å². The Balaban J connectivity index is 4.39. The minimum Gasteiger partial charge on any atom is -0.462 e. The molecule has 0 aromatic carbocycles. The van der Waals surface area contributed by atoms with Crippen LogP contribution in [0.3, 0.4) is 0 Å². The van der Waals surface area contributed by atoms with E-state index in [-0.39, 0.29) is 31.1 Å². The van der Waals surface area contributed by atoms with Crippen molar-refractivity contribution in [1.82, 2.24) is 0 Å². The van der Waals surface area contributed by atoms with Gasteiger partial charge in [0.15, 0.2) is 6.10 Å². The number of rotatable bonds is 50. The summed E-state index contributed by atoms with van der Waals surface area (Å²) in [6, 6.07) is 0. The van der Waals surface area contributed by atoms with Crippen LogP contribution in [0.25, 0.3) is 0 Å². The Morgan fingerprint density at radius 2 is 0.591 bits per heavy atom. The first-order valence-electron chi connectivity index (χ1n) is 27.9. The molecular weight excluding hydrogens is 817 g/mol. The molecule has 0 aromatic rings. The summed E-state index contributed by atoms with van der Waals surface area (Å²) in [6.07, 6.45) is 68.8. The van der Waals surface area contributed by atoms with Crippen molar-refractivity contribution >= 4 is 17.9 Å². The van der Waals surface area contributed by atoms with Crippen molar-refractivity contribution in [3.05, 3.63) is 72.9 Å². The highest BCUT2D eigenvalue weighted by Crippen LogP contribution is 2.15. The standard InChI is InChI=1S/C60H104O6/c1-4-7-10-13-16-19-22-25-27-29-30-32-33-35-38-41-44-47-50-53-59(62)65-56-57(55-64-58(61)52-49-46-43-40-37-24-21-18-15-12-9-6-3)66-60(63)54-51-48-45-42-39-36-34-31-28-26-23-20-17-14-11-8-5-2/h8,11,16-17,19-20,25-28,34,36,57H,4-7,9-10,12-15,18,21-24,29-33,35,37-56H2,1-3H3/b11-8-,19-16-,20-17-,27-25-,28-26-,36-34-/t57-/m0/s1. The number of esters is 3. The van der Waals surface area contributed by atoms with Gasteiger partial charge in [-0.25, -0.2) is 0 Å². The molecule has 0 bridgehead atoms. The summed E-state index contributed by atoms with van der Waals surface area (Å²) in [6.45, 7) is 6.49. The molecule has 0 aliphatic heterocycles. The highest BCUT2D eigenvalue weighted by molar-refractivity contribution is 5.71. The van der Waals surface area contributed by atoms with Gasteiger partial charge in [0.25, 0.3) is 0 Å². The van der Waals surface area contributed by atoms with Gasteiger partial charge in [0, 0.05) is 19.3 Å². The quantitative estimate of drug-likeness (QED) is 0.0262. The van der Waals surface area contributed by atoms with E-state index in [0.717, 1.165) is 103 Å². The lowest BCUT2D eigenvalue weighted by Crippen LogP contribution is -2.30. The zero-order valence-corrected chi connectivity index (χ0v) is 43.4. The van der Waals surface area contributed by atoms with E-state index in [2.05, 4.69) is 93.7 Å². The van der Waals surface area contributed by atoms with E-state index in [1.165, 1.54) is 128 Å². The van der Waals surface area contributed by atoms with E-state index >= 15 is 0 Å². The largest absolute Gasteiger partial charge is 0.462 e. The summed E-state index contributed by atoms with van der Waals surface area (Å²) in [4.78, 5) is 38.1. The average Bonchev–Trinajstić information content (AvgIpc) is 3.31. The van der Waals surface area contributed by atoms with Crippen LogP contribution >= 0.6 is 0 Å². The molecule has 0 rings (SSSR count). The lowest BCUT2D eigenvalue weighted by Gasteiger charge is -2.18. The first-order chi connectivity index (χ1) is 32.5. The molecule has 6 nitrogen and oxygen atoms in total. The molecule has 1 atom stereocenters. The Bertz CT molecular complexity index is 1240. The van der Waals surface area contributed by atoms with E-state index in [1.807, 2.05) is 0 Å². The SMILES string of the molecule is CC/C=C\C/C=C\C/C=C\C/C=C\CCCCCCC(=O)O[C@H](COC(=O)CCCCCCCCCCC/C=C\C/C=C\CCCCC)COC(=O)CCCCCCCCCCCCCC. The molecule has 0 spiro atoms. The molecule has 6 heteroatoms. The molecule has 0 N–H and O–H groups in total. The molecule has 0 saturated heterocycles. The number of hydrogen-bond donors (Lipinski definition) is 0. The molecule has 0 heterocycles. The van der Waals surface area contributed by atoms with E-state index in [1.54, 1.807) is 0 Å². The summed E-state index contributed by atoms with van der Waals surface area (Å²) in [5, 5.41) is 0. The van der Waals surface area contributed by atoms with Crippen LogP contribution in [0.15, 0.2) is 72.9 Å². The second kappa shape index (κ2) is 54.5. The highest BCUT2D eigenvalue weighted by atomic mass is 16.6. The van der Waals surface area contributed by atoms with E-state index in [4.69, 9.17) is 14.2 Å². The summed E-state index contributed by atoms with van der Waals surface area (Å²) >= 11 is 0. The predicted molar refractivity (Wildman–Crippen MR) is 284 cm³/mol. The number of allylic oxidation sites excluding steroid dienone is 12. The monoisotopic (exact) mass is 921 g/mol. The van der Waals surface area contributed by atoms with Gasteiger partial charge in [0.05, 0.1) is 0 Å². The molecule has 0 aromatic heterocycles. The number of ether oxygens (including phenoxy) is 3. The first kappa shape index (κ1) is 62.8. The van der Waals surface area contributed by atoms with Crippen LogP contribution in [-0.4, -0.2) is 37.2 Å². The molecule has 0 radical (unpaired) electrons. The fraction of sp³-hybridized carbons (Fsp3) is 0.750. The Hall–Kier alpha value is -3.15. The first-order valence-corrected chi connectivity index (χ1v) is 27.9. The van der Waals surface area contributed by atoms with Crippen molar-refractivity contribution in [2.24, 2.45) is 0 Å². The maximum atomic E-state index is 12.8. The van der Waals surface area contributed by atoms with E-state index in [9.17, 15) is 14.4 Å². The third-order valence-corrected chi connectivity index (χ3v) is 11.9. The normalized spacial score (nSPS) is 12.6. The minimum atomic E-state index is -0.788. The maximum absolute atomic E-state index is 12.8. The number of hydrogen-bond acceptors (Lipinski definition) is 6. The van der Waals surface area contributed by atoms with Gasteiger partial charge in [-0.1, -0.05) is 235 Å². The van der Waals surface area contributed by atoms with Crippen LogP contribution in [0.4, 0.5) is 0 Å². The van der Waals surface area contributed by atoms with E-state index in [0.29, 0.717) is 19.3 Å². The Labute approximate surface area is 408 Å².